The van der Waals surface area contributed by atoms with Crippen LogP contribution >= 0.6 is 0 Å². The fraction of sp³-hybridized carbons (Fsp3) is 0.250. The number of esters is 1. The van der Waals surface area contributed by atoms with E-state index in [1.807, 2.05) is 6.92 Å². The normalized spacial score (nSPS) is 11.2. The van der Waals surface area contributed by atoms with Crippen molar-refractivity contribution in [3.8, 4) is 0 Å². The van der Waals surface area contributed by atoms with Crippen LogP contribution in [0.1, 0.15) is 23.7 Å². The molecule has 0 atom stereocenters. The van der Waals surface area contributed by atoms with Gasteiger partial charge in [-0.15, -0.1) is 0 Å². The fourth-order valence-electron chi connectivity index (χ4n) is 1.07. The molecule has 1 aromatic carbocycles. The first-order chi connectivity index (χ1) is 7.24. The van der Waals surface area contributed by atoms with E-state index in [1.165, 1.54) is 6.08 Å². The second-order valence-electron chi connectivity index (χ2n) is 3.00. The molecule has 1 aromatic rings. The standard InChI is InChI=1S/C12H13FO2/c1-2-6-11(13)9-15-12(14)10-7-4-3-5-8-10/h3-8H,2,9H2,1H3. The molecular formula is C12H13FO2. The summed E-state index contributed by atoms with van der Waals surface area (Å²) in [4.78, 5) is 11.3. The molecule has 15 heavy (non-hydrogen) atoms. The Morgan fingerprint density at radius 3 is 2.67 bits per heavy atom. The van der Waals surface area contributed by atoms with Gasteiger partial charge in [-0.05, 0) is 24.6 Å². The molecular weight excluding hydrogens is 195 g/mol. The second-order valence-corrected chi connectivity index (χ2v) is 3.00. The molecule has 2 nitrogen and oxygen atoms in total. The zero-order valence-electron chi connectivity index (χ0n) is 8.57. The van der Waals surface area contributed by atoms with Gasteiger partial charge in [-0.3, -0.25) is 0 Å². The van der Waals surface area contributed by atoms with E-state index in [-0.39, 0.29) is 6.61 Å². The van der Waals surface area contributed by atoms with Crippen LogP contribution in [-0.2, 0) is 4.74 Å². The van der Waals surface area contributed by atoms with Gasteiger partial charge in [-0.2, -0.15) is 0 Å². The van der Waals surface area contributed by atoms with Crippen molar-refractivity contribution in [1.29, 1.82) is 0 Å². The fourth-order valence-corrected chi connectivity index (χ4v) is 1.07. The van der Waals surface area contributed by atoms with E-state index in [1.54, 1.807) is 30.3 Å². The molecule has 0 heterocycles. The molecule has 0 saturated heterocycles. The minimum Gasteiger partial charge on any atom is -0.455 e. The van der Waals surface area contributed by atoms with Gasteiger partial charge in [0.1, 0.15) is 12.4 Å². The minimum atomic E-state index is -0.504. The van der Waals surface area contributed by atoms with Crippen molar-refractivity contribution >= 4 is 5.97 Å². The monoisotopic (exact) mass is 208 g/mol. The highest BCUT2D eigenvalue weighted by molar-refractivity contribution is 5.89. The number of hydrogen-bond acceptors (Lipinski definition) is 2. The summed E-state index contributed by atoms with van der Waals surface area (Å²) in [6.07, 6.45) is 1.98. The summed E-state index contributed by atoms with van der Waals surface area (Å²) in [6, 6.07) is 8.52. The number of allylic oxidation sites excluding steroid dienone is 1. The van der Waals surface area contributed by atoms with E-state index in [0.29, 0.717) is 12.0 Å². The molecule has 0 amide bonds. The number of rotatable bonds is 4. The van der Waals surface area contributed by atoms with Crippen molar-refractivity contribution in [1.82, 2.24) is 0 Å². The molecule has 0 aliphatic carbocycles. The lowest BCUT2D eigenvalue weighted by Gasteiger charge is -2.02. The molecule has 0 unspecified atom stereocenters. The van der Waals surface area contributed by atoms with E-state index >= 15 is 0 Å². The molecule has 3 heteroatoms. The third-order valence-electron chi connectivity index (χ3n) is 1.78. The van der Waals surface area contributed by atoms with Crippen LogP contribution < -0.4 is 0 Å². The van der Waals surface area contributed by atoms with Crippen molar-refractivity contribution in [3.63, 3.8) is 0 Å². The highest BCUT2D eigenvalue weighted by Gasteiger charge is 2.06. The topological polar surface area (TPSA) is 26.3 Å². The quantitative estimate of drug-likeness (QED) is 0.710. The summed E-state index contributed by atoms with van der Waals surface area (Å²) in [6.45, 7) is 1.53. The third-order valence-corrected chi connectivity index (χ3v) is 1.78. The van der Waals surface area contributed by atoms with E-state index in [9.17, 15) is 9.18 Å². The van der Waals surface area contributed by atoms with Gasteiger partial charge in [0.15, 0.2) is 0 Å². The average Bonchev–Trinajstić information content (AvgIpc) is 2.27. The van der Waals surface area contributed by atoms with Crippen molar-refractivity contribution in [2.45, 2.75) is 13.3 Å². The largest absolute Gasteiger partial charge is 0.455 e. The lowest BCUT2D eigenvalue weighted by Crippen LogP contribution is -2.06. The maximum Gasteiger partial charge on any atom is 0.338 e. The lowest BCUT2D eigenvalue weighted by atomic mass is 10.2. The first-order valence-electron chi connectivity index (χ1n) is 4.80. The van der Waals surface area contributed by atoms with Gasteiger partial charge in [-0.25, -0.2) is 9.18 Å². The Bertz CT molecular complexity index is 344. The van der Waals surface area contributed by atoms with E-state index in [2.05, 4.69) is 0 Å². The summed E-state index contributed by atoms with van der Waals surface area (Å²) in [5.41, 5.74) is 0.432. The molecule has 0 aliphatic heterocycles. The summed E-state index contributed by atoms with van der Waals surface area (Å²) in [7, 11) is 0. The third kappa shape index (κ3) is 3.94. The van der Waals surface area contributed by atoms with Crippen LogP contribution in [0.2, 0.25) is 0 Å². The maximum atomic E-state index is 12.9. The molecule has 0 radical (unpaired) electrons. The molecule has 1 rings (SSSR count). The molecule has 0 bridgehead atoms. The maximum absolute atomic E-state index is 12.9. The smallest absolute Gasteiger partial charge is 0.338 e. The van der Waals surface area contributed by atoms with Crippen molar-refractivity contribution in [2.75, 3.05) is 6.61 Å². The number of ether oxygens (including phenoxy) is 1. The number of carbonyl (C=O) groups excluding carboxylic acids is 1. The Balaban J connectivity index is 2.47. The van der Waals surface area contributed by atoms with E-state index < -0.39 is 11.8 Å². The van der Waals surface area contributed by atoms with Crippen LogP contribution in [0.15, 0.2) is 42.2 Å². The number of hydrogen-bond donors (Lipinski definition) is 0. The van der Waals surface area contributed by atoms with Crippen LogP contribution in [0.3, 0.4) is 0 Å². The first kappa shape index (κ1) is 11.4. The molecule has 0 spiro atoms. The van der Waals surface area contributed by atoms with Crippen LogP contribution in [0.5, 0.6) is 0 Å². The lowest BCUT2D eigenvalue weighted by molar-refractivity contribution is 0.0520. The molecule has 0 aromatic heterocycles. The zero-order valence-corrected chi connectivity index (χ0v) is 8.57. The van der Waals surface area contributed by atoms with E-state index in [4.69, 9.17) is 4.74 Å². The number of benzene rings is 1. The Morgan fingerprint density at radius 1 is 1.40 bits per heavy atom. The summed E-state index contributed by atoms with van der Waals surface area (Å²) in [5.74, 6) is -0.919. The summed E-state index contributed by atoms with van der Waals surface area (Å²) >= 11 is 0. The Morgan fingerprint density at radius 2 is 2.07 bits per heavy atom. The Kier molecular flexibility index (Phi) is 4.54. The predicted octanol–water partition coefficient (Wildman–Crippen LogP) is 3.11. The number of halogens is 1. The van der Waals surface area contributed by atoms with Gasteiger partial charge in [0.05, 0.1) is 5.56 Å². The molecule has 0 fully saturated rings. The van der Waals surface area contributed by atoms with Gasteiger partial charge in [-0.1, -0.05) is 25.1 Å². The van der Waals surface area contributed by atoms with Crippen LogP contribution in [0.4, 0.5) is 4.39 Å². The van der Waals surface area contributed by atoms with Gasteiger partial charge >= 0.3 is 5.97 Å². The van der Waals surface area contributed by atoms with Crippen LogP contribution in [0.25, 0.3) is 0 Å². The van der Waals surface area contributed by atoms with Gasteiger partial charge in [0, 0.05) is 0 Å². The zero-order chi connectivity index (χ0) is 11.1. The average molecular weight is 208 g/mol. The van der Waals surface area contributed by atoms with E-state index in [0.717, 1.165) is 0 Å². The van der Waals surface area contributed by atoms with Crippen LogP contribution in [-0.4, -0.2) is 12.6 Å². The van der Waals surface area contributed by atoms with Gasteiger partial charge in [0.2, 0.25) is 0 Å². The predicted molar refractivity (Wildman–Crippen MR) is 56.2 cm³/mol. The minimum absolute atomic E-state index is 0.290. The highest BCUT2D eigenvalue weighted by Crippen LogP contribution is 2.04. The highest BCUT2D eigenvalue weighted by atomic mass is 19.1. The SMILES string of the molecule is CCC=C(F)COC(=O)c1ccccc1. The Hall–Kier alpha value is -1.64. The van der Waals surface area contributed by atoms with Crippen molar-refractivity contribution < 1.29 is 13.9 Å². The number of carbonyl (C=O) groups is 1. The molecule has 0 N–H and O–H groups in total. The Labute approximate surface area is 88.4 Å². The van der Waals surface area contributed by atoms with Crippen molar-refractivity contribution in [2.24, 2.45) is 0 Å². The van der Waals surface area contributed by atoms with Gasteiger partial charge < -0.3 is 4.74 Å². The first-order valence-corrected chi connectivity index (χ1v) is 4.80. The molecule has 0 saturated carbocycles. The summed E-state index contributed by atoms with van der Waals surface area (Å²) < 4.78 is 17.6. The van der Waals surface area contributed by atoms with Crippen LogP contribution in [0, 0.1) is 0 Å². The molecule has 0 aliphatic rings. The molecule has 80 valence electrons. The van der Waals surface area contributed by atoms with Crippen molar-refractivity contribution in [3.05, 3.63) is 47.8 Å². The summed E-state index contributed by atoms with van der Waals surface area (Å²) in [5, 5.41) is 0. The second kappa shape index (κ2) is 5.96. The van der Waals surface area contributed by atoms with Gasteiger partial charge in [0.25, 0.3) is 0 Å².